The van der Waals surface area contributed by atoms with E-state index in [4.69, 9.17) is 0 Å². The molecule has 1 aromatic heterocycles. The fourth-order valence-electron chi connectivity index (χ4n) is 3.23. The average Bonchev–Trinajstić information content (AvgIpc) is 3.15. The lowest BCUT2D eigenvalue weighted by Crippen LogP contribution is -2.54. The molecule has 1 aromatic carbocycles. The molecule has 1 fully saturated rings. The number of piperidine rings is 1. The van der Waals surface area contributed by atoms with E-state index < -0.39 is 5.54 Å². The van der Waals surface area contributed by atoms with E-state index in [1.807, 2.05) is 36.5 Å². The summed E-state index contributed by atoms with van der Waals surface area (Å²) in [4.78, 5) is 24.2. The lowest BCUT2D eigenvalue weighted by atomic mass is 9.87. The normalized spacial score (nSPS) is 16.2. The first-order valence-electron chi connectivity index (χ1n) is 8.46. The van der Waals surface area contributed by atoms with E-state index in [0.29, 0.717) is 19.4 Å². The van der Waals surface area contributed by atoms with Crippen LogP contribution in [0.5, 0.6) is 0 Å². The van der Waals surface area contributed by atoms with Crippen LogP contribution < -0.4 is 16.0 Å². The molecule has 2 aromatic rings. The van der Waals surface area contributed by atoms with Gasteiger partial charge in [-0.05, 0) is 49.7 Å². The molecule has 0 radical (unpaired) electrons. The lowest BCUT2D eigenvalue weighted by Gasteiger charge is -2.36. The summed E-state index contributed by atoms with van der Waals surface area (Å²) in [6.45, 7) is 3.44. The first kappa shape index (κ1) is 17.2. The molecule has 25 heavy (non-hydrogen) atoms. The van der Waals surface area contributed by atoms with E-state index in [1.165, 1.54) is 6.92 Å². The summed E-state index contributed by atoms with van der Waals surface area (Å²) < 4.78 is 1.77. The monoisotopic (exact) mass is 341 g/mol. The van der Waals surface area contributed by atoms with Gasteiger partial charge in [-0.1, -0.05) is 12.1 Å². The second-order valence-corrected chi connectivity index (χ2v) is 6.30. The highest BCUT2D eigenvalue weighted by Gasteiger charge is 2.41. The molecule has 1 aliphatic rings. The van der Waals surface area contributed by atoms with E-state index in [-0.39, 0.29) is 11.8 Å². The molecule has 3 N–H and O–H groups in total. The number of benzene rings is 1. The quantitative estimate of drug-likeness (QED) is 0.763. The van der Waals surface area contributed by atoms with Gasteiger partial charge in [0.25, 0.3) is 0 Å². The van der Waals surface area contributed by atoms with E-state index in [0.717, 1.165) is 24.3 Å². The number of hydrogen-bond donors (Lipinski definition) is 3. The summed E-state index contributed by atoms with van der Waals surface area (Å²) in [6.07, 6.45) is 4.95. The number of hydrogen-bond acceptors (Lipinski definition) is 4. The predicted octanol–water partition coefficient (Wildman–Crippen LogP) is 1.24. The number of amides is 2. The van der Waals surface area contributed by atoms with Crippen LogP contribution in [0.25, 0.3) is 0 Å². The molecule has 7 nitrogen and oxygen atoms in total. The first-order valence-corrected chi connectivity index (χ1v) is 8.46. The Balaban J connectivity index is 1.71. The fourth-order valence-corrected chi connectivity index (χ4v) is 3.23. The molecule has 132 valence electrons. The van der Waals surface area contributed by atoms with Gasteiger partial charge in [-0.3, -0.25) is 14.3 Å². The van der Waals surface area contributed by atoms with Crippen molar-refractivity contribution in [1.82, 2.24) is 20.4 Å². The zero-order valence-electron chi connectivity index (χ0n) is 14.3. The molecule has 2 amide bonds. The molecule has 7 heteroatoms. The second kappa shape index (κ2) is 7.48. The predicted molar refractivity (Wildman–Crippen MR) is 94.9 cm³/mol. The highest BCUT2D eigenvalue weighted by atomic mass is 16.2. The van der Waals surface area contributed by atoms with Crippen molar-refractivity contribution in [2.45, 2.75) is 31.8 Å². The molecule has 2 heterocycles. The lowest BCUT2D eigenvalue weighted by molar-refractivity contribution is -0.132. The van der Waals surface area contributed by atoms with Gasteiger partial charge in [-0.2, -0.15) is 5.10 Å². The van der Waals surface area contributed by atoms with Gasteiger partial charge < -0.3 is 16.0 Å². The van der Waals surface area contributed by atoms with Crippen molar-refractivity contribution in [2.75, 3.05) is 18.4 Å². The van der Waals surface area contributed by atoms with Crippen LogP contribution in [-0.4, -0.2) is 34.7 Å². The number of carbonyl (C=O) groups is 2. The maximum absolute atomic E-state index is 13.0. The minimum Gasteiger partial charge on any atom is -0.350 e. The second-order valence-electron chi connectivity index (χ2n) is 6.30. The molecule has 3 rings (SSSR count). The molecule has 0 saturated carbocycles. The van der Waals surface area contributed by atoms with Crippen LogP contribution in [0.2, 0.25) is 0 Å². The van der Waals surface area contributed by atoms with Crippen LogP contribution in [0, 0.1) is 0 Å². The minimum absolute atomic E-state index is 0.0253. The standard InChI is InChI=1S/C18H23N5O2/c1-14(24)22-16-5-2-4-15(12-16)13-20-17(25)18(6-9-19-10-7-18)23-11-3-8-21-23/h2-5,8,11-12,19H,6-7,9-10,13H2,1H3,(H,20,25)(H,22,24). The van der Waals surface area contributed by atoms with Gasteiger partial charge in [0, 0.05) is 31.5 Å². The Kier molecular flexibility index (Phi) is 5.14. The third kappa shape index (κ3) is 3.88. The Hall–Kier alpha value is -2.67. The summed E-state index contributed by atoms with van der Waals surface area (Å²) in [5.41, 5.74) is 1.01. The summed E-state index contributed by atoms with van der Waals surface area (Å²) in [5.74, 6) is -0.142. The van der Waals surface area contributed by atoms with Crippen molar-refractivity contribution in [3.63, 3.8) is 0 Å². The Morgan fingerprint density at radius 1 is 1.28 bits per heavy atom. The summed E-state index contributed by atoms with van der Waals surface area (Å²) in [5, 5.41) is 13.4. The third-order valence-corrected chi connectivity index (χ3v) is 4.50. The van der Waals surface area contributed by atoms with Crippen molar-refractivity contribution < 1.29 is 9.59 Å². The highest BCUT2D eigenvalue weighted by Crippen LogP contribution is 2.27. The molecule has 0 spiro atoms. The number of nitrogens with zero attached hydrogens (tertiary/aromatic N) is 2. The Bertz CT molecular complexity index is 736. The first-order chi connectivity index (χ1) is 12.1. The number of nitrogens with one attached hydrogen (secondary N) is 3. The molecule has 0 atom stereocenters. The zero-order chi connectivity index (χ0) is 17.7. The number of rotatable bonds is 5. The Morgan fingerprint density at radius 2 is 2.08 bits per heavy atom. The SMILES string of the molecule is CC(=O)Nc1cccc(CNC(=O)C2(n3cccn3)CCNCC2)c1. The van der Waals surface area contributed by atoms with Crippen molar-refractivity contribution >= 4 is 17.5 Å². The zero-order valence-corrected chi connectivity index (χ0v) is 14.3. The van der Waals surface area contributed by atoms with Crippen molar-refractivity contribution in [1.29, 1.82) is 0 Å². The molecular weight excluding hydrogens is 318 g/mol. The van der Waals surface area contributed by atoms with Gasteiger partial charge in [0.1, 0.15) is 5.54 Å². The largest absolute Gasteiger partial charge is 0.350 e. The molecule has 0 unspecified atom stereocenters. The van der Waals surface area contributed by atoms with Gasteiger partial charge in [-0.15, -0.1) is 0 Å². The molecule has 1 aliphatic heterocycles. The van der Waals surface area contributed by atoms with Gasteiger partial charge >= 0.3 is 0 Å². The van der Waals surface area contributed by atoms with Crippen LogP contribution in [0.1, 0.15) is 25.3 Å². The van der Waals surface area contributed by atoms with Crippen molar-refractivity contribution in [3.8, 4) is 0 Å². The summed E-state index contributed by atoms with van der Waals surface area (Å²) in [6, 6.07) is 9.32. The van der Waals surface area contributed by atoms with Gasteiger partial charge in [-0.25, -0.2) is 0 Å². The Labute approximate surface area is 146 Å². The van der Waals surface area contributed by atoms with Crippen LogP contribution in [0.3, 0.4) is 0 Å². The van der Waals surface area contributed by atoms with E-state index in [2.05, 4.69) is 21.0 Å². The van der Waals surface area contributed by atoms with Crippen LogP contribution in [0.4, 0.5) is 5.69 Å². The average molecular weight is 341 g/mol. The molecule has 1 saturated heterocycles. The maximum atomic E-state index is 13.0. The summed E-state index contributed by atoms with van der Waals surface area (Å²) in [7, 11) is 0. The molecule has 0 aliphatic carbocycles. The Morgan fingerprint density at radius 3 is 2.76 bits per heavy atom. The number of carbonyl (C=O) groups excluding carboxylic acids is 2. The third-order valence-electron chi connectivity index (χ3n) is 4.50. The van der Waals surface area contributed by atoms with Crippen molar-refractivity contribution in [2.24, 2.45) is 0 Å². The van der Waals surface area contributed by atoms with Gasteiger partial charge in [0.15, 0.2) is 0 Å². The van der Waals surface area contributed by atoms with E-state index >= 15 is 0 Å². The molecule has 0 bridgehead atoms. The summed E-state index contributed by atoms with van der Waals surface area (Å²) >= 11 is 0. The number of anilines is 1. The minimum atomic E-state index is -0.649. The van der Waals surface area contributed by atoms with Crippen LogP contribution in [-0.2, 0) is 21.7 Å². The number of aromatic nitrogens is 2. The van der Waals surface area contributed by atoms with Gasteiger partial charge in [0.2, 0.25) is 11.8 Å². The fraction of sp³-hybridized carbons (Fsp3) is 0.389. The van der Waals surface area contributed by atoms with Crippen LogP contribution >= 0.6 is 0 Å². The van der Waals surface area contributed by atoms with Crippen molar-refractivity contribution in [3.05, 3.63) is 48.3 Å². The van der Waals surface area contributed by atoms with Crippen LogP contribution in [0.15, 0.2) is 42.7 Å². The molecular formula is C18H23N5O2. The smallest absolute Gasteiger partial charge is 0.248 e. The highest BCUT2D eigenvalue weighted by molar-refractivity contribution is 5.88. The van der Waals surface area contributed by atoms with E-state index in [1.54, 1.807) is 10.9 Å². The van der Waals surface area contributed by atoms with E-state index in [9.17, 15) is 9.59 Å². The maximum Gasteiger partial charge on any atom is 0.248 e. The van der Waals surface area contributed by atoms with Gasteiger partial charge in [0.05, 0.1) is 0 Å². The topological polar surface area (TPSA) is 88.1 Å².